The van der Waals surface area contributed by atoms with E-state index in [1.54, 1.807) is 6.07 Å². The number of aromatic nitrogens is 1. The fourth-order valence-electron chi connectivity index (χ4n) is 2.76. The van der Waals surface area contributed by atoms with Crippen molar-refractivity contribution in [2.24, 2.45) is 0 Å². The number of ether oxygens (including phenoxy) is 1. The Hall–Kier alpha value is -2.40. The highest BCUT2D eigenvalue weighted by Gasteiger charge is 2.33. The maximum atomic E-state index is 13.3. The number of alkyl halides is 3. The summed E-state index contributed by atoms with van der Waals surface area (Å²) in [6, 6.07) is 13.5. The third-order valence-corrected chi connectivity index (χ3v) is 3.81. The van der Waals surface area contributed by atoms with Crippen molar-refractivity contribution < 1.29 is 17.9 Å². The molecule has 0 aliphatic carbocycles. The summed E-state index contributed by atoms with van der Waals surface area (Å²) in [5.41, 5.74) is 1.60. The number of para-hydroxylation sites is 1. The van der Waals surface area contributed by atoms with Crippen molar-refractivity contribution >= 4 is 10.9 Å². The highest BCUT2D eigenvalue weighted by atomic mass is 19.4. The Labute approximate surface area is 137 Å². The zero-order valence-corrected chi connectivity index (χ0v) is 13.1. The Morgan fingerprint density at radius 1 is 1.00 bits per heavy atom. The lowest BCUT2D eigenvalue weighted by atomic mass is 9.95. The van der Waals surface area contributed by atoms with Gasteiger partial charge in [0.15, 0.2) is 0 Å². The van der Waals surface area contributed by atoms with Crippen LogP contribution >= 0.6 is 0 Å². The molecule has 0 saturated heterocycles. The molecule has 0 aliphatic rings. The third kappa shape index (κ3) is 3.12. The van der Waals surface area contributed by atoms with Crippen LogP contribution in [0.15, 0.2) is 54.7 Å². The lowest BCUT2D eigenvalue weighted by molar-refractivity contribution is -0.136. The molecule has 0 saturated carbocycles. The third-order valence-electron chi connectivity index (χ3n) is 3.81. The van der Waals surface area contributed by atoms with E-state index in [1.807, 2.05) is 37.3 Å². The number of fused-ring (bicyclic) bond motifs is 1. The standard InChI is InChI=1S/C19H16F3NO/c1-2-24-12-14-11-23-18-15(9-6-10-16(18)19(20,21)22)17(14)13-7-4-3-5-8-13/h3-11H,2,12H2,1H3. The van der Waals surface area contributed by atoms with Gasteiger partial charge in [0.25, 0.3) is 0 Å². The molecule has 124 valence electrons. The van der Waals surface area contributed by atoms with Crippen molar-refractivity contribution in [3.05, 3.63) is 65.9 Å². The second kappa shape index (κ2) is 6.61. The maximum Gasteiger partial charge on any atom is 0.418 e. The maximum absolute atomic E-state index is 13.3. The Balaban J connectivity index is 2.31. The van der Waals surface area contributed by atoms with Crippen LogP contribution in [0, 0.1) is 0 Å². The molecule has 2 aromatic carbocycles. The van der Waals surface area contributed by atoms with Gasteiger partial charge in [-0.25, -0.2) is 0 Å². The summed E-state index contributed by atoms with van der Waals surface area (Å²) in [5.74, 6) is 0. The number of rotatable bonds is 4. The van der Waals surface area contributed by atoms with Crippen LogP contribution in [-0.2, 0) is 17.5 Å². The monoisotopic (exact) mass is 331 g/mol. The van der Waals surface area contributed by atoms with Crippen LogP contribution in [0.1, 0.15) is 18.1 Å². The van der Waals surface area contributed by atoms with Crippen molar-refractivity contribution in [1.29, 1.82) is 0 Å². The summed E-state index contributed by atoms with van der Waals surface area (Å²) in [5, 5.41) is 0.480. The molecular formula is C19H16F3NO. The Morgan fingerprint density at radius 3 is 2.42 bits per heavy atom. The van der Waals surface area contributed by atoms with Gasteiger partial charge in [0.1, 0.15) is 0 Å². The lowest BCUT2D eigenvalue weighted by Gasteiger charge is -2.16. The molecule has 1 aromatic heterocycles. The average molecular weight is 331 g/mol. The molecule has 0 fully saturated rings. The van der Waals surface area contributed by atoms with Gasteiger partial charge in [0, 0.05) is 23.8 Å². The number of hydrogen-bond acceptors (Lipinski definition) is 2. The van der Waals surface area contributed by atoms with Gasteiger partial charge in [-0.3, -0.25) is 4.98 Å². The van der Waals surface area contributed by atoms with Crippen LogP contribution in [0.2, 0.25) is 0 Å². The molecule has 1 heterocycles. The minimum Gasteiger partial charge on any atom is -0.377 e. The van der Waals surface area contributed by atoms with E-state index in [1.165, 1.54) is 12.3 Å². The van der Waals surface area contributed by atoms with Crippen molar-refractivity contribution in [3.8, 4) is 11.1 Å². The average Bonchev–Trinajstić information content (AvgIpc) is 2.58. The van der Waals surface area contributed by atoms with E-state index in [0.29, 0.717) is 18.6 Å². The molecule has 0 bridgehead atoms. The molecule has 0 unspecified atom stereocenters. The van der Waals surface area contributed by atoms with E-state index >= 15 is 0 Å². The minimum absolute atomic E-state index is 0.0379. The predicted octanol–water partition coefficient (Wildman–Crippen LogP) is 5.46. The van der Waals surface area contributed by atoms with Gasteiger partial charge in [-0.2, -0.15) is 13.2 Å². The van der Waals surface area contributed by atoms with Crippen LogP contribution in [0.3, 0.4) is 0 Å². The first-order valence-corrected chi connectivity index (χ1v) is 7.63. The topological polar surface area (TPSA) is 22.1 Å². The molecule has 0 spiro atoms. The largest absolute Gasteiger partial charge is 0.418 e. The fourth-order valence-corrected chi connectivity index (χ4v) is 2.76. The highest BCUT2D eigenvalue weighted by molar-refractivity contribution is 5.97. The highest BCUT2D eigenvalue weighted by Crippen LogP contribution is 2.38. The zero-order valence-electron chi connectivity index (χ0n) is 13.1. The molecule has 0 amide bonds. The van der Waals surface area contributed by atoms with Gasteiger partial charge in [0.05, 0.1) is 17.7 Å². The molecule has 0 aliphatic heterocycles. The number of nitrogens with zero attached hydrogens (tertiary/aromatic N) is 1. The normalized spacial score (nSPS) is 11.8. The van der Waals surface area contributed by atoms with Gasteiger partial charge in [0.2, 0.25) is 0 Å². The van der Waals surface area contributed by atoms with Crippen molar-refractivity contribution in [2.75, 3.05) is 6.61 Å². The number of pyridine rings is 1. The van der Waals surface area contributed by atoms with Gasteiger partial charge in [-0.05, 0) is 24.1 Å². The first-order valence-electron chi connectivity index (χ1n) is 7.63. The lowest BCUT2D eigenvalue weighted by Crippen LogP contribution is -2.07. The zero-order chi connectivity index (χ0) is 17.2. The molecule has 2 nitrogen and oxygen atoms in total. The summed E-state index contributed by atoms with van der Waals surface area (Å²) in [6.07, 6.45) is -2.96. The van der Waals surface area contributed by atoms with Crippen LogP contribution in [-0.4, -0.2) is 11.6 Å². The second-order valence-electron chi connectivity index (χ2n) is 5.36. The van der Waals surface area contributed by atoms with E-state index in [4.69, 9.17) is 4.74 Å². The molecule has 3 rings (SSSR count). The van der Waals surface area contributed by atoms with Crippen LogP contribution in [0.25, 0.3) is 22.0 Å². The molecule has 3 aromatic rings. The first kappa shape index (κ1) is 16.5. The quantitative estimate of drug-likeness (QED) is 0.633. The Bertz CT molecular complexity index is 844. The summed E-state index contributed by atoms with van der Waals surface area (Å²) in [4.78, 5) is 4.09. The molecule has 0 atom stereocenters. The summed E-state index contributed by atoms with van der Waals surface area (Å²) in [6.45, 7) is 2.70. The van der Waals surface area contributed by atoms with E-state index in [2.05, 4.69) is 4.98 Å². The second-order valence-corrected chi connectivity index (χ2v) is 5.36. The Kier molecular flexibility index (Phi) is 4.53. The summed E-state index contributed by atoms with van der Waals surface area (Å²) < 4.78 is 45.3. The number of benzene rings is 2. The van der Waals surface area contributed by atoms with Gasteiger partial charge in [-0.1, -0.05) is 42.5 Å². The Morgan fingerprint density at radius 2 is 1.75 bits per heavy atom. The van der Waals surface area contributed by atoms with Crippen molar-refractivity contribution in [1.82, 2.24) is 4.98 Å². The number of halogens is 3. The van der Waals surface area contributed by atoms with Crippen molar-refractivity contribution in [3.63, 3.8) is 0 Å². The summed E-state index contributed by atoms with van der Waals surface area (Å²) >= 11 is 0. The van der Waals surface area contributed by atoms with Crippen LogP contribution in [0.5, 0.6) is 0 Å². The minimum atomic E-state index is -4.44. The van der Waals surface area contributed by atoms with Crippen LogP contribution in [0.4, 0.5) is 13.2 Å². The van der Waals surface area contributed by atoms with E-state index in [9.17, 15) is 13.2 Å². The molecular weight excluding hydrogens is 315 g/mol. The summed E-state index contributed by atoms with van der Waals surface area (Å²) in [7, 11) is 0. The SMILES string of the molecule is CCOCc1cnc2c(C(F)(F)F)cccc2c1-c1ccccc1. The van der Waals surface area contributed by atoms with E-state index in [0.717, 1.165) is 22.8 Å². The molecule has 5 heteroatoms. The van der Waals surface area contributed by atoms with Gasteiger partial charge >= 0.3 is 6.18 Å². The van der Waals surface area contributed by atoms with E-state index < -0.39 is 11.7 Å². The predicted molar refractivity (Wildman–Crippen MR) is 87.5 cm³/mol. The van der Waals surface area contributed by atoms with Gasteiger partial charge in [-0.15, -0.1) is 0 Å². The van der Waals surface area contributed by atoms with Crippen LogP contribution < -0.4 is 0 Å². The smallest absolute Gasteiger partial charge is 0.377 e. The molecule has 0 radical (unpaired) electrons. The number of hydrogen-bond donors (Lipinski definition) is 0. The molecule has 0 N–H and O–H groups in total. The first-order chi connectivity index (χ1) is 11.5. The van der Waals surface area contributed by atoms with Gasteiger partial charge < -0.3 is 4.74 Å². The van der Waals surface area contributed by atoms with Crippen molar-refractivity contribution in [2.45, 2.75) is 19.7 Å². The fraction of sp³-hybridized carbons (Fsp3) is 0.211. The van der Waals surface area contributed by atoms with E-state index in [-0.39, 0.29) is 5.52 Å². The molecule has 24 heavy (non-hydrogen) atoms.